The van der Waals surface area contributed by atoms with Crippen LogP contribution in [0.3, 0.4) is 0 Å². The standard InChI is InChI=1S/C17H26N2O2S2/c1-12(2)10-19(15-8-9-23(20,21)11-15)17(22)18-16-7-5-6-13(3)14(16)4/h5-7,12,15H,8-11H2,1-4H3,(H,18,22)/t15-/m0/s1. The molecule has 1 aliphatic rings. The average molecular weight is 355 g/mol. The van der Waals surface area contributed by atoms with E-state index >= 15 is 0 Å². The molecule has 1 heterocycles. The minimum atomic E-state index is -2.93. The van der Waals surface area contributed by atoms with Crippen LogP contribution in [0.2, 0.25) is 0 Å². The smallest absolute Gasteiger partial charge is 0.173 e. The predicted molar refractivity (Wildman–Crippen MR) is 101 cm³/mol. The molecule has 1 aliphatic heterocycles. The zero-order valence-electron chi connectivity index (χ0n) is 14.3. The van der Waals surface area contributed by atoms with Crippen molar-refractivity contribution >= 4 is 32.9 Å². The fraction of sp³-hybridized carbons (Fsp3) is 0.588. The molecule has 1 aromatic carbocycles. The van der Waals surface area contributed by atoms with Gasteiger partial charge in [0.2, 0.25) is 0 Å². The van der Waals surface area contributed by atoms with Gasteiger partial charge in [0, 0.05) is 18.3 Å². The van der Waals surface area contributed by atoms with Crippen molar-refractivity contribution in [1.29, 1.82) is 0 Å². The molecule has 1 atom stereocenters. The maximum atomic E-state index is 11.8. The lowest BCUT2D eigenvalue weighted by molar-refractivity contribution is 0.303. The third-order valence-electron chi connectivity index (χ3n) is 4.32. The van der Waals surface area contributed by atoms with Crippen molar-refractivity contribution < 1.29 is 8.42 Å². The predicted octanol–water partition coefficient (Wildman–Crippen LogP) is 3.15. The van der Waals surface area contributed by atoms with Gasteiger partial charge in [-0.15, -0.1) is 0 Å². The Labute approximate surface area is 145 Å². The first-order valence-corrected chi connectivity index (χ1v) is 10.3. The molecule has 4 nitrogen and oxygen atoms in total. The van der Waals surface area contributed by atoms with Crippen LogP contribution in [0, 0.1) is 19.8 Å². The Balaban J connectivity index is 2.18. The molecule has 0 saturated carbocycles. The van der Waals surface area contributed by atoms with Crippen molar-refractivity contribution in [2.24, 2.45) is 5.92 Å². The normalized spacial score (nSPS) is 19.8. The summed E-state index contributed by atoms with van der Waals surface area (Å²) in [7, 11) is -2.93. The SMILES string of the molecule is Cc1cccc(NC(=S)N(CC(C)C)[C@H]2CCS(=O)(=O)C2)c1C. The highest BCUT2D eigenvalue weighted by Gasteiger charge is 2.33. The quantitative estimate of drug-likeness (QED) is 0.842. The molecule has 0 radical (unpaired) electrons. The van der Waals surface area contributed by atoms with Crippen LogP contribution in [0.15, 0.2) is 18.2 Å². The lowest BCUT2D eigenvalue weighted by Crippen LogP contribution is -2.45. The zero-order chi connectivity index (χ0) is 17.2. The average Bonchev–Trinajstić information content (AvgIpc) is 2.81. The summed E-state index contributed by atoms with van der Waals surface area (Å²) < 4.78 is 23.6. The van der Waals surface area contributed by atoms with Crippen molar-refractivity contribution in [2.75, 3.05) is 23.4 Å². The van der Waals surface area contributed by atoms with Gasteiger partial charge in [-0.25, -0.2) is 8.42 Å². The Kier molecular flexibility index (Phi) is 5.68. The minimum absolute atomic E-state index is 0.0208. The number of thiocarbonyl (C=S) groups is 1. The van der Waals surface area contributed by atoms with Gasteiger partial charge in [-0.3, -0.25) is 0 Å². The Morgan fingerprint density at radius 1 is 1.39 bits per heavy atom. The summed E-state index contributed by atoms with van der Waals surface area (Å²) in [6.45, 7) is 9.14. The van der Waals surface area contributed by atoms with Crippen LogP contribution in [0.1, 0.15) is 31.4 Å². The third-order valence-corrected chi connectivity index (χ3v) is 6.41. The maximum Gasteiger partial charge on any atom is 0.173 e. The number of rotatable bonds is 4. The van der Waals surface area contributed by atoms with Gasteiger partial charge in [0.15, 0.2) is 14.9 Å². The second-order valence-electron chi connectivity index (χ2n) is 6.78. The minimum Gasteiger partial charge on any atom is -0.345 e. The molecule has 6 heteroatoms. The molecule has 0 spiro atoms. The maximum absolute atomic E-state index is 11.8. The zero-order valence-corrected chi connectivity index (χ0v) is 15.9. The van der Waals surface area contributed by atoms with Gasteiger partial charge < -0.3 is 10.2 Å². The highest BCUT2D eigenvalue weighted by atomic mass is 32.2. The van der Waals surface area contributed by atoms with E-state index in [1.165, 1.54) is 11.1 Å². The van der Waals surface area contributed by atoms with Gasteiger partial charge in [-0.1, -0.05) is 26.0 Å². The first kappa shape index (κ1) is 18.2. The van der Waals surface area contributed by atoms with E-state index in [1.54, 1.807) is 0 Å². The third kappa shape index (κ3) is 4.67. The van der Waals surface area contributed by atoms with E-state index in [0.717, 1.165) is 12.2 Å². The van der Waals surface area contributed by atoms with Crippen LogP contribution in [-0.2, 0) is 9.84 Å². The highest BCUT2D eigenvalue weighted by molar-refractivity contribution is 7.91. The number of nitrogens with one attached hydrogen (secondary N) is 1. The Hall–Kier alpha value is -1.14. The van der Waals surface area contributed by atoms with Crippen LogP contribution in [0.4, 0.5) is 5.69 Å². The summed E-state index contributed by atoms with van der Waals surface area (Å²) in [5, 5.41) is 3.94. The Morgan fingerprint density at radius 2 is 2.09 bits per heavy atom. The summed E-state index contributed by atoms with van der Waals surface area (Å²) in [5.74, 6) is 0.879. The first-order chi connectivity index (χ1) is 10.7. The van der Waals surface area contributed by atoms with E-state index in [9.17, 15) is 8.42 Å². The van der Waals surface area contributed by atoms with E-state index in [2.05, 4.69) is 44.0 Å². The first-order valence-electron chi connectivity index (χ1n) is 8.04. The van der Waals surface area contributed by atoms with E-state index in [4.69, 9.17) is 12.2 Å². The molecule has 1 fully saturated rings. The number of hydrogen-bond donors (Lipinski definition) is 1. The second-order valence-corrected chi connectivity index (χ2v) is 9.40. The molecule has 128 valence electrons. The van der Waals surface area contributed by atoms with Crippen LogP contribution >= 0.6 is 12.2 Å². The van der Waals surface area contributed by atoms with Gasteiger partial charge in [0.25, 0.3) is 0 Å². The highest BCUT2D eigenvalue weighted by Crippen LogP contribution is 2.22. The molecular weight excluding hydrogens is 328 g/mol. The lowest BCUT2D eigenvalue weighted by atomic mass is 10.1. The Morgan fingerprint density at radius 3 is 2.65 bits per heavy atom. The molecular formula is C17H26N2O2S2. The summed E-state index contributed by atoms with van der Waals surface area (Å²) in [4.78, 5) is 2.06. The molecule has 1 aromatic rings. The van der Waals surface area contributed by atoms with Crippen LogP contribution in [0.25, 0.3) is 0 Å². The van der Waals surface area contributed by atoms with E-state index in [-0.39, 0.29) is 17.5 Å². The fourth-order valence-corrected chi connectivity index (χ4v) is 4.95. The van der Waals surface area contributed by atoms with Crippen molar-refractivity contribution in [3.8, 4) is 0 Å². The molecule has 23 heavy (non-hydrogen) atoms. The molecule has 0 aliphatic carbocycles. The summed E-state index contributed by atoms with van der Waals surface area (Å²) >= 11 is 5.61. The van der Waals surface area contributed by atoms with Gasteiger partial charge in [0.05, 0.1) is 11.5 Å². The molecule has 1 N–H and O–H groups in total. The second kappa shape index (κ2) is 7.18. The van der Waals surface area contributed by atoms with E-state index in [1.807, 2.05) is 12.1 Å². The van der Waals surface area contributed by atoms with Crippen LogP contribution < -0.4 is 5.32 Å². The van der Waals surface area contributed by atoms with Crippen molar-refractivity contribution in [2.45, 2.75) is 40.2 Å². The van der Waals surface area contributed by atoms with Crippen LogP contribution in [-0.4, -0.2) is 42.5 Å². The number of sulfone groups is 1. The number of hydrogen-bond acceptors (Lipinski definition) is 3. The largest absolute Gasteiger partial charge is 0.345 e. The molecule has 0 bridgehead atoms. The molecule has 2 rings (SSSR count). The summed E-state index contributed by atoms with van der Waals surface area (Å²) in [6.07, 6.45) is 0.656. The van der Waals surface area contributed by atoms with Crippen molar-refractivity contribution in [3.63, 3.8) is 0 Å². The molecule has 1 saturated heterocycles. The number of nitrogens with zero attached hydrogens (tertiary/aromatic N) is 1. The van der Waals surface area contributed by atoms with Crippen molar-refractivity contribution in [1.82, 2.24) is 4.90 Å². The van der Waals surface area contributed by atoms with Gasteiger partial charge >= 0.3 is 0 Å². The monoisotopic (exact) mass is 354 g/mol. The van der Waals surface area contributed by atoms with E-state index in [0.29, 0.717) is 17.5 Å². The topological polar surface area (TPSA) is 49.4 Å². The molecule has 0 unspecified atom stereocenters. The molecule has 0 amide bonds. The lowest BCUT2D eigenvalue weighted by Gasteiger charge is -2.32. The summed E-state index contributed by atoms with van der Waals surface area (Å²) in [5.41, 5.74) is 3.36. The van der Waals surface area contributed by atoms with Gasteiger partial charge in [0.1, 0.15) is 0 Å². The number of aryl methyl sites for hydroxylation is 1. The van der Waals surface area contributed by atoms with Gasteiger partial charge in [-0.05, 0) is 55.6 Å². The molecule has 0 aromatic heterocycles. The van der Waals surface area contributed by atoms with Crippen molar-refractivity contribution in [3.05, 3.63) is 29.3 Å². The van der Waals surface area contributed by atoms with E-state index < -0.39 is 9.84 Å². The number of benzene rings is 1. The van der Waals surface area contributed by atoms with Crippen LogP contribution in [0.5, 0.6) is 0 Å². The van der Waals surface area contributed by atoms with Gasteiger partial charge in [-0.2, -0.15) is 0 Å². The fourth-order valence-electron chi connectivity index (χ4n) is 2.89. The summed E-state index contributed by atoms with van der Waals surface area (Å²) in [6, 6.07) is 6.06. The Bertz CT molecular complexity index is 684. The number of anilines is 1.